The van der Waals surface area contributed by atoms with Gasteiger partial charge in [0.05, 0.1) is 30.3 Å². The summed E-state index contributed by atoms with van der Waals surface area (Å²) < 4.78 is 7.75. The molecule has 0 aliphatic carbocycles. The van der Waals surface area contributed by atoms with E-state index in [1.807, 2.05) is 13.1 Å². The maximum Gasteiger partial charge on any atom is 0.226 e. The van der Waals surface area contributed by atoms with Gasteiger partial charge in [0.15, 0.2) is 5.65 Å². The Labute approximate surface area is 152 Å². The minimum atomic E-state index is -0.0109. The minimum Gasteiger partial charge on any atom is -0.383 e. The smallest absolute Gasteiger partial charge is 0.226 e. The van der Waals surface area contributed by atoms with Crippen molar-refractivity contribution < 1.29 is 4.74 Å². The van der Waals surface area contributed by atoms with Crippen LogP contribution in [0.4, 0.5) is 11.8 Å². The Morgan fingerprint density at radius 3 is 2.85 bits per heavy atom. The fourth-order valence-electron chi connectivity index (χ4n) is 3.47. The summed E-state index contributed by atoms with van der Waals surface area (Å²) in [7, 11) is 3.96. The summed E-state index contributed by atoms with van der Waals surface area (Å²) in [5, 5.41) is 8.23. The molecule has 0 bridgehead atoms. The molecule has 1 aromatic carbocycles. The zero-order valence-corrected chi connectivity index (χ0v) is 15.0. The standard InChI is InChI=1S/C18H23N7O/c1-24-8-9-26-14(15(24)12-6-4-3-5-7-12)11-20-18-22-16(19)13-10-21-25(2)17(13)23-18/h3-7,10,14-15H,8-9,11H2,1-2H3,(H3,19,20,22,23)/t14-,15-/m0/s1. The van der Waals surface area contributed by atoms with Crippen LogP contribution in [0.1, 0.15) is 11.6 Å². The highest BCUT2D eigenvalue weighted by molar-refractivity contribution is 5.86. The van der Waals surface area contributed by atoms with Crippen LogP contribution in [0.5, 0.6) is 0 Å². The van der Waals surface area contributed by atoms with Crippen LogP contribution in [0.3, 0.4) is 0 Å². The Morgan fingerprint density at radius 2 is 2.04 bits per heavy atom. The number of aromatic nitrogens is 4. The molecule has 0 saturated carbocycles. The molecule has 2 atom stereocenters. The highest BCUT2D eigenvalue weighted by atomic mass is 16.5. The van der Waals surface area contributed by atoms with Gasteiger partial charge in [-0.25, -0.2) is 0 Å². The second-order valence-corrected chi connectivity index (χ2v) is 6.56. The lowest BCUT2D eigenvalue weighted by molar-refractivity contribution is -0.0557. The fraction of sp³-hybridized carbons (Fsp3) is 0.389. The number of nitrogens with one attached hydrogen (secondary N) is 1. The predicted molar refractivity (Wildman–Crippen MR) is 101 cm³/mol. The highest BCUT2D eigenvalue weighted by Crippen LogP contribution is 2.28. The number of nitrogens with zero attached hydrogens (tertiary/aromatic N) is 5. The molecule has 3 N–H and O–H groups in total. The molecule has 0 amide bonds. The zero-order chi connectivity index (χ0) is 18.1. The van der Waals surface area contributed by atoms with E-state index < -0.39 is 0 Å². The third-order valence-electron chi connectivity index (χ3n) is 4.83. The van der Waals surface area contributed by atoms with Crippen molar-refractivity contribution in [1.29, 1.82) is 0 Å². The van der Waals surface area contributed by atoms with E-state index in [9.17, 15) is 0 Å². The Morgan fingerprint density at radius 1 is 1.23 bits per heavy atom. The van der Waals surface area contributed by atoms with Crippen LogP contribution < -0.4 is 11.1 Å². The number of rotatable bonds is 4. The van der Waals surface area contributed by atoms with Crippen molar-refractivity contribution in [2.24, 2.45) is 7.05 Å². The molecule has 1 fully saturated rings. The number of benzene rings is 1. The second-order valence-electron chi connectivity index (χ2n) is 6.56. The molecule has 0 spiro atoms. The molecule has 1 aliphatic heterocycles. The van der Waals surface area contributed by atoms with E-state index in [1.54, 1.807) is 10.9 Å². The van der Waals surface area contributed by atoms with E-state index in [1.165, 1.54) is 5.56 Å². The monoisotopic (exact) mass is 353 g/mol. The van der Waals surface area contributed by atoms with Gasteiger partial charge in [0, 0.05) is 20.1 Å². The average Bonchev–Trinajstić information content (AvgIpc) is 3.02. The van der Waals surface area contributed by atoms with Gasteiger partial charge in [0.1, 0.15) is 5.82 Å². The molecule has 2 aromatic heterocycles. The number of fused-ring (bicyclic) bond motifs is 1. The Balaban J connectivity index is 1.55. The number of morpholine rings is 1. The van der Waals surface area contributed by atoms with Crippen molar-refractivity contribution in [3.8, 4) is 0 Å². The summed E-state index contributed by atoms with van der Waals surface area (Å²) in [6.45, 7) is 2.20. The predicted octanol–water partition coefficient (Wildman–Crippen LogP) is 1.43. The summed E-state index contributed by atoms with van der Waals surface area (Å²) in [5.74, 6) is 0.911. The number of likely N-dealkylation sites (N-methyl/N-ethyl adjacent to an activating group) is 1. The van der Waals surface area contributed by atoms with E-state index in [0.717, 1.165) is 11.9 Å². The highest BCUT2D eigenvalue weighted by Gasteiger charge is 2.31. The number of nitrogens with two attached hydrogens (primary N) is 1. The lowest BCUT2D eigenvalue weighted by atomic mass is 9.98. The Hall–Kier alpha value is -2.71. The van der Waals surface area contributed by atoms with E-state index in [-0.39, 0.29) is 12.1 Å². The van der Waals surface area contributed by atoms with Crippen LogP contribution in [-0.2, 0) is 11.8 Å². The van der Waals surface area contributed by atoms with Crippen LogP contribution in [0, 0.1) is 0 Å². The van der Waals surface area contributed by atoms with Crippen molar-refractivity contribution in [2.75, 3.05) is 37.8 Å². The molecule has 3 heterocycles. The third kappa shape index (κ3) is 3.09. The molecule has 1 saturated heterocycles. The minimum absolute atomic E-state index is 0.0109. The maximum absolute atomic E-state index is 6.06. The Kier molecular flexibility index (Phi) is 4.44. The summed E-state index contributed by atoms with van der Waals surface area (Å²) in [5.41, 5.74) is 7.98. The lowest BCUT2D eigenvalue weighted by Gasteiger charge is -2.39. The molecular weight excluding hydrogens is 330 g/mol. The SMILES string of the molecule is CN1CCO[C@@H](CNc2nc(N)c3cnn(C)c3n2)[C@@H]1c1ccccc1. The van der Waals surface area contributed by atoms with Gasteiger partial charge in [-0.3, -0.25) is 9.58 Å². The molecule has 3 aromatic rings. The Bertz CT molecular complexity index is 895. The van der Waals surface area contributed by atoms with Gasteiger partial charge < -0.3 is 15.8 Å². The molecule has 136 valence electrons. The lowest BCUT2D eigenvalue weighted by Crippen LogP contribution is -2.46. The van der Waals surface area contributed by atoms with E-state index >= 15 is 0 Å². The largest absolute Gasteiger partial charge is 0.383 e. The average molecular weight is 353 g/mol. The van der Waals surface area contributed by atoms with E-state index in [4.69, 9.17) is 10.5 Å². The summed E-state index contributed by atoms with van der Waals surface area (Å²) >= 11 is 0. The molecule has 8 heteroatoms. The van der Waals surface area contributed by atoms with Crippen molar-refractivity contribution in [3.05, 3.63) is 42.1 Å². The fourth-order valence-corrected chi connectivity index (χ4v) is 3.47. The van der Waals surface area contributed by atoms with Gasteiger partial charge in [-0.1, -0.05) is 30.3 Å². The molecular formula is C18H23N7O. The maximum atomic E-state index is 6.06. The van der Waals surface area contributed by atoms with E-state index in [2.05, 4.69) is 56.6 Å². The number of hydrogen-bond donors (Lipinski definition) is 2. The van der Waals surface area contributed by atoms with Crippen LogP contribution >= 0.6 is 0 Å². The van der Waals surface area contributed by atoms with Gasteiger partial charge in [-0.05, 0) is 12.6 Å². The van der Waals surface area contributed by atoms with Gasteiger partial charge in [-0.15, -0.1) is 0 Å². The van der Waals surface area contributed by atoms with Gasteiger partial charge in [-0.2, -0.15) is 15.1 Å². The van der Waals surface area contributed by atoms with E-state index in [0.29, 0.717) is 30.6 Å². The summed E-state index contributed by atoms with van der Waals surface area (Å²) in [6, 6.07) is 10.6. The van der Waals surface area contributed by atoms with Crippen molar-refractivity contribution in [3.63, 3.8) is 0 Å². The zero-order valence-electron chi connectivity index (χ0n) is 15.0. The van der Waals surface area contributed by atoms with Gasteiger partial charge in [0.2, 0.25) is 5.95 Å². The molecule has 1 aliphatic rings. The third-order valence-corrected chi connectivity index (χ3v) is 4.83. The molecule has 8 nitrogen and oxygen atoms in total. The first-order valence-corrected chi connectivity index (χ1v) is 8.69. The number of nitrogen functional groups attached to an aromatic ring is 1. The quantitative estimate of drug-likeness (QED) is 0.733. The van der Waals surface area contributed by atoms with Crippen LogP contribution in [0.25, 0.3) is 11.0 Å². The van der Waals surface area contributed by atoms with Crippen LogP contribution in [-0.4, -0.2) is 57.5 Å². The molecule has 4 rings (SSSR count). The van der Waals surface area contributed by atoms with Crippen LogP contribution in [0.2, 0.25) is 0 Å². The number of aryl methyl sites for hydroxylation is 1. The second kappa shape index (κ2) is 6.89. The number of ether oxygens (including phenoxy) is 1. The topological polar surface area (TPSA) is 94.1 Å². The van der Waals surface area contributed by atoms with Gasteiger partial charge >= 0.3 is 0 Å². The normalized spacial score (nSPS) is 21.2. The summed E-state index contributed by atoms with van der Waals surface area (Å²) in [6.07, 6.45) is 1.67. The number of anilines is 2. The van der Waals surface area contributed by atoms with Gasteiger partial charge in [0.25, 0.3) is 0 Å². The number of hydrogen-bond acceptors (Lipinski definition) is 7. The first kappa shape index (κ1) is 16.7. The first-order valence-electron chi connectivity index (χ1n) is 8.69. The van der Waals surface area contributed by atoms with Crippen LogP contribution in [0.15, 0.2) is 36.5 Å². The molecule has 0 radical (unpaired) electrons. The molecule has 0 unspecified atom stereocenters. The molecule has 26 heavy (non-hydrogen) atoms. The first-order chi connectivity index (χ1) is 12.6. The summed E-state index contributed by atoms with van der Waals surface area (Å²) in [4.78, 5) is 11.2. The van der Waals surface area contributed by atoms with Crippen molar-refractivity contribution >= 4 is 22.8 Å². The van der Waals surface area contributed by atoms with Crippen molar-refractivity contribution in [1.82, 2.24) is 24.6 Å². The van der Waals surface area contributed by atoms with Crippen molar-refractivity contribution in [2.45, 2.75) is 12.1 Å².